The molecule has 0 amide bonds. The zero-order valence-electron chi connectivity index (χ0n) is 7.83. The summed E-state index contributed by atoms with van der Waals surface area (Å²) >= 11 is 0. The van der Waals surface area contributed by atoms with Crippen LogP contribution < -0.4 is 5.32 Å². The van der Waals surface area contributed by atoms with Crippen molar-refractivity contribution < 1.29 is 13.2 Å². The molecule has 0 heterocycles. The summed E-state index contributed by atoms with van der Waals surface area (Å²) in [5, 5.41) is 2.81. The molecule has 1 N–H and O–H groups in total. The molecule has 13 heavy (non-hydrogen) atoms. The van der Waals surface area contributed by atoms with Crippen molar-refractivity contribution in [3.63, 3.8) is 0 Å². The number of alkyl halides is 3. The van der Waals surface area contributed by atoms with Gasteiger partial charge in [-0.3, -0.25) is 0 Å². The minimum Gasteiger partial charge on any atom is -0.316 e. The molecule has 0 bridgehead atoms. The average Bonchev–Trinajstić information content (AvgIpc) is 2.03. The highest BCUT2D eigenvalue weighted by atomic mass is 19.4. The van der Waals surface area contributed by atoms with E-state index in [1.54, 1.807) is 14.0 Å². The molecule has 1 nitrogen and oxygen atoms in total. The van der Waals surface area contributed by atoms with Gasteiger partial charge in [-0.05, 0) is 20.4 Å². The van der Waals surface area contributed by atoms with Crippen molar-refractivity contribution in [1.82, 2.24) is 5.32 Å². The van der Waals surface area contributed by atoms with Crippen molar-refractivity contribution in [3.05, 3.63) is 0 Å². The van der Waals surface area contributed by atoms with Gasteiger partial charge >= 0.3 is 6.18 Å². The molecule has 76 valence electrons. The first-order chi connectivity index (χ1) is 5.99. The third kappa shape index (κ3) is 7.66. The van der Waals surface area contributed by atoms with Crippen LogP contribution in [0.3, 0.4) is 0 Å². The van der Waals surface area contributed by atoms with E-state index < -0.39 is 12.6 Å². The van der Waals surface area contributed by atoms with Crippen molar-refractivity contribution in [1.29, 1.82) is 0 Å². The van der Waals surface area contributed by atoms with Crippen LogP contribution in [-0.4, -0.2) is 19.3 Å². The lowest BCUT2D eigenvalue weighted by Crippen LogP contribution is -2.26. The molecule has 4 heteroatoms. The van der Waals surface area contributed by atoms with Gasteiger partial charge < -0.3 is 5.32 Å². The molecule has 0 saturated carbocycles. The Morgan fingerprint density at radius 2 is 2.00 bits per heavy atom. The summed E-state index contributed by atoms with van der Waals surface area (Å²) < 4.78 is 35.4. The number of hydrogen-bond acceptors (Lipinski definition) is 1. The van der Waals surface area contributed by atoms with Crippen molar-refractivity contribution >= 4 is 0 Å². The van der Waals surface area contributed by atoms with Crippen LogP contribution in [0.25, 0.3) is 0 Å². The van der Waals surface area contributed by atoms with E-state index in [-0.39, 0.29) is 12.5 Å². The van der Waals surface area contributed by atoms with Gasteiger partial charge in [-0.2, -0.15) is 13.2 Å². The Hall–Kier alpha value is -0.690. The van der Waals surface area contributed by atoms with Gasteiger partial charge in [0, 0.05) is 18.9 Å². The SMILES string of the molecule is CC#CCC(CCC(F)(F)F)NC. The maximum Gasteiger partial charge on any atom is 0.389 e. The summed E-state index contributed by atoms with van der Waals surface area (Å²) in [6.07, 6.45) is -4.24. The van der Waals surface area contributed by atoms with E-state index in [4.69, 9.17) is 0 Å². The molecule has 0 radical (unpaired) electrons. The van der Waals surface area contributed by atoms with E-state index in [1.807, 2.05) is 0 Å². The molecule has 0 saturated heterocycles. The lowest BCUT2D eigenvalue weighted by atomic mass is 10.1. The minimum atomic E-state index is -4.06. The first kappa shape index (κ1) is 12.3. The molecule has 1 unspecified atom stereocenters. The molecule has 0 aliphatic carbocycles. The van der Waals surface area contributed by atoms with Crippen LogP contribution in [-0.2, 0) is 0 Å². The van der Waals surface area contributed by atoms with Gasteiger partial charge in [-0.1, -0.05) is 0 Å². The summed E-state index contributed by atoms with van der Waals surface area (Å²) in [5.74, 6) is 5.41. The maximum atomic E-state index is 11.8. The molecule has 0 rings (SSSR count). The second kappa shape index (κ2) is 5.87. The fourth-order valence-corrected chi connectivity index (χ4v) is 0.912. The predicted molar refractivity (Wildman–Crippen MR) is 46.2 cm³/mol. The number of rotatable bonds is 4. The predicted octanol–water partition coefficient (Wildman–Crippen LogP) is 2.33. The van der Waals surface area contributed by atoms with Crippen LogP contribution in [0.1, 0.15) is 26.2 Å². The first-order valence-corrected chi connectivity index (χ1v) is 4.13. The number of nitrogens with one attached hydrogen (secondary N) is 1. The van der Waals surface area contributed by atoms with Gasteiger partial charge in [0.1, 0.15) is 0 Å². The highest BCUT2D eigenvalue weighted by Gasteiger charge is 2.27. The van der Waals surface area contributed by atoms with E-state index in [0.29, 0.717) is 6.42 Å². The van der Waals surface area contributed by atoms with E-state index in [2.05, 4.69) is 17.2 Å². The average molecular weight is 193 g/mol. The van der Waals surface area contributed by atoms with Crippen LogP contribution >= 0.6 is 0 Å². The Balaban J connectivity index is 3.76. The molecule has 0 aromatic carbocycles. The maximum absolute atomic E-state index is 11.8. The van der Waals surface area contributed by atoms with Gasteiger partial charge in [0.25, 0.3) is 0 Å². The fourth-order valence-electron chi connectivity index (χ4n) is 0.912. The molecule has 0 aliphatic heterocycles. The van der Waals surface area contributed by atoms with Gasteiger partial charge in [-0.15, -0.1) is 11.8 Å². The smallest absolute Gasteiger partial charge is 0.316 e. The summed E-state index contributed by atoms with van der Waals surface area (Å²) in [7, 11) is 1.65. The molecule has 1 atom stereocenters. The van der Waals surface area contributed by atoms with Crippen molar-refractivity contribution in [3.8, 4) is 11.8 Å². The summed E-state index contributed by atoms with van der Waals surface area (Å²) in [6.45, 7) is 1.68. The van der Waals surface area contributed by atoms with E-state index >= 15 is 0 Å². The minimum absolute atomic E-state index is 0.0919. The van der Waals surface area contributed by atoms with E-state index in [1.165, 1.54) is 0 Å². The number of hydrogen-bond donors (Lipinski definition) is 1. The molecule has 0 aliphatic rings. The second-order valence-electron chi connectivity index (χ2n) is 2.77. The summed E-state index contributed by atoms with van der Waals surface area (Å²) in [6, 6.07) is -0.158. The lowest BCUT2D eigenvalue weighted by molar-refractivity contribution is -0.136. The Bertz CT molecular complexity index is 187. The van der Waals surface area contributed by atoms with E-state index in [9.17, 15) is 13.2 Å². The van der Waals surface area contributed by atoms with Crippen LogP contribution in [0, 0.1) is 11.8 Å². The normalized spacial score (nSPS) is 13.3. The standard InChI is InChI=1S/C9H14F3N/c1-3-4-5-8(13-2)6-7-9(10,11)12/h8,13H,5-7H2,1-2H3. The monoisotopic (exact) mass is 193 g/mol. The summed E-state index contributed by atoms with van der Waals surface area (Å²) in [5.41, 5.74) is 0. The third-order valence-corrected chi connectivity index (χ3v) is 1.71. The van der Waals surface area contributed by atoms with Crippen molar-refractivity contribution in [2.45, 2.75) is 38.4 Å². The first-order valence-electron chi connectivity index (χ1n) is 4.13. The van der Waals surface area contributed by atoms with Gasteiger partial charge in [0.05, 0.1) is 0 Å². The Labute approximate surface area is 76.7 Å². The van der Waals surface area contributed by atoms with Crippen LogP contribution in [0.15, 0.2) is 0 Å². The van der Waals surface area contributed by atoms with Crippen LogP contribution in [0.4, 0.5) is 13.2 Å². The molecule has 0 spiro atoms. The van der Waals surface area contributed by atoms with Gasteiger partial charge in [0.2, 0.25) is 0 Å². The van der Waals surface area contributed by atoms with Crippen LogP contribution in [0.5, 0.6) is 0 Å². The largest absolute Gasteiger partial charge is 0.389 e. The van der Waals surface area contributed by atoms with Crippen LogP contribution in [0.2, 0.25) is 0 Å². The Morgan fingerprint density at radius 3 is 2.38 bits per heavy atom. The molecule has 0 aromatic heterocycles. The molecule has 0 aromatic rings. The van der Waals surface area contributed by atoms with Gasteiger partial charge in [0.15, 0.2) is 0 Å². The molecule has 0 fully saturated rings. The number of halogens is 3. The zero-order chi connectivity index (χ0) is 10.3. The molecular formula is C9H14F3N. The Kier molecular flexibility index (Phi) is 5.56. The van der Waals surface area contributed by atoms with Crippen molar-refractivity contribution in [2.24, 2.45) is 0 Å². The lowest BCUT2D eigenvalue weighted by Gasteiger charge is -2.14. The van der Waals surface area contributed by atoms with Gasteiger partial charge in [-0.25, -0.2) is 0 Å². The summed E-state index contributed by atoms with van der Waals surface area (Å²) in [4.78, 5) is 0. The zero-order valence-corrected chi connectivity index (χ0v) is 7.83. The Morgan fingerprint density at radius 1 is 1.38 bits per heavy atom. The third-order valence-electron chi connectivity index (χ3n) is 1.71. The quantitative estimate of drug-likeness (QED) is 0.676. The second-order valence-corrected chi connectivity index (χ2v) is 2.77. The van der Waals surface area contributed by atoms with Crippen molar-refractivity contribution in [2.75, 3.05) is 7.05 Å². The topological polar surface area (TPSA) is 12.0 Å². The highest BCUT2D eigenvalue weighted by molar-refractivity contribution is 4.97. The fraction of sp³-hybridized carbons (Fsp3) is 0.778. The molecular weight excluding hydrogens is 179 g/mol. The highest BCUT2D eigenvalue weighted by Crippen LogP contribution is 2.22. The van der Waals surface area contributed by atoms with E-state index in [0.717, 1.165) is 0 Å².